The molecule has 1 atom stereocenters. The van der Waals surface area contributed by atoms with Gasteiger partial charge in [-0.15, -0.1) is 0 Å². The van der Waals surface area contributed by atoms with Crippen molar-refractivity contribution in [2.45, 2.75) is 12.8 Å². The second-order valence-corrected chi connectivity index (χ2v) is 3.03. The highest BCUT2D eigenvalue weighted by Crippen LogP contribution is 2.37. The average molecular weight is 126 g/mol. The van der Waals surface area contributed by atoms with Crippen molar-refractivity contribution in [1.82, 2.24) is 5.32 Å². The molecule has 1 radical (unpaired) electrons. The fourth-order valence-corrected chi connectivity index (χ4v) is 1.63. The predicted octanol–water partition coefficient (Wildman–Crippen LogP) is 0.548. The number of hydrogen-bond donors (Lipinski definition) is 1. The third kappa shape index (κ3) is 0.864. The van der Waals surface area contributed by atoms with Crippen LogP contribution in [0.1, 0.15) is 12.8 Å². The lowest BCUT2D eigenvalue weighted by molar-refractivity contribution is 0.233. The molecule has 2 heteroatoms. The van der Waals surface area contributed by atoms with Crippen LogP contribution in [0.25, 0.3) is 0 Å². The van der Waals surface area contributed by atoms with Crippen LogP contribution in [0.15, 0.2) is 0 Å². The molecule has 2 nitrogen and oxygen atoms in total. The monoisotopic (exact) mass is 126 g/mol. The second-order valence-electron chi connectivity index (χ2n) is 3.03. The lowest BCUT2D eigenvalue weighted by atomic mass is 9.87. The molecule has 0 aliphatic carbocycles. The SMILES string of the molecule is [CH]1OCCC12CCNC2. The van der Waals surface area contributed by atoms with E-state index in [2.05, 4.69) is 5.32 Å². The topological polar surface area (TPSA) is 21.3 Å². The van der Waals surface area contributed by atoms with Gasteiger partial charge in [0.05, 0.1) is 6.61 Å². The van der Waals surface area contributed by atoms with Gasteiger partial charge in [-0.3, -0.25) is 0 Å². The van der Waals surface area contributed by atoms with Crippen molar-refractivity contribution in [3.8, 4) is 0 Å². The van der Waals surface area contributed by atoms with E-state index in [-0.39, 0.29) is 0 Å². The van der Waals surface area contributed by atoms with Gasteiger partial charge in [-0.05, 0) is 19.4 Å². The normalized spacial score (nSPS) is 42.7. The van der Waals surface area contributed by atoms with Crippen molar-refractivity contribution >= 4 is 0 Å². The average Bonchev–Trinajstić information content (AvgIpc) is 2.45. The van der Waals surface area contributed by atoms with Crippen molar-refractivity contribution < 1.29 is 4.74 Å². The van der Waals surface area contributed by atoms with Crippen molar-refractivity contribution in [3.63, 3.8) is 0 Å². The molecule has 1 N–H and O–H groups in total. The number of hydrogen-bond acceptors (Lipinski definition) is 2. The predicted molar refractivity (Wildman–Crippen MR) is 34.8 cm³/mol. The molecule has 2 fully saturated rings. The first-order valence-corrected chi connectivity index (χ1v) is 3.58. The van der Waals surface area contributed by atoms with E-state index >= 15 is 0 Å². The summed E-state index contributed by atoms with van der Waals surface area (Å²) in [5.41, 5.74) is 0.431. The third-order valence-electron chi connectivity index (χ3n) is 2.33. The molecule has 2 aliphatic rings. The van der Waals surface area contributed by atoms with E-state index in [9.17, 15) is 0 Å². The zero-order valence-corrected chi connectivity index (χ0v) is 5.52. The Morgan fingerprint density at radius 3 is 3.00 bits per heavy atom. The molecule has 0 aromatic carbocycles. The van der Waals surface area contributed by atoms with E-state index in [1.165, 1.54) is 19.4 Å². The van der Waals surface area contributed by atoms with Crippen LogP contribution in [-0.2, 0) is 4.74 Å². The minimum absolute atomic E-state index is 0.431. The fraction of sp³-hybridized carbons (Fsp3) is 0.857. The summed E-state index contributed by atoms with van der Waals surface area (Å²) in [5, 5.41) is 3.34. The van der Waals surface area contributed by atoms with E-state index in [0.29, 0.717) is 5.41 Å². The van der Waals surface area contributed by atoms with Crippen LogP contribution in [-0.4, -0.2) is 19.7 Å². The van der Waals surface area contributed by atoms with Crippen molar-refractivity contribution in [2.24, 2.45) is 5.41 Å². The summed E-state index contributed by atoms with van der Waals surface area (Å²) in [5.74, 6) is 0. The number of nitrogens with one attached hydrogen (secondary N) is 1. The van der Waals surface area contributed by atoms with Crippen LogP contribution < -0.4 is 5.32 Å². The molecule has 2 aliphatic heterocycles. The van der Waals surface area contributed by atoms with E-state index in [1.807, 2.05) is 6.61 Å². The Labute approximate surface area is 55.6 Å². The van der Waals surface area contributed by atoms with E-state index in [4.69, 9.17) is 4.74 Å². The summed E-state index contributed by atoms with van der Waals surface area (Å²) in [6.07, 6.45) is 2.49. The van der Waals surface area contributed by atoms with Crippen LogP contribution in [0.4, 0.5) is 0 Å². The summed E-state index contributed by atoms with van der Waals surface area (Å²) >= 11 is 0. The molecular formula is C7H12NO. The lowest BCUT2D eigenvalue weighted by Gasteiger charge is -2.16. The molecule has 0 amide bonds. The quantitative estimate of drug-likeness (QED) is 0.511. The molecule has 2 rings (SSSR count). The number of rotatable bonds is 0. The highest BCUT2D eigenvalue weighted by Gasteiger charge is 2.37. The fourth-order valence-electron chi connectivity index (χ4n) is 1.63. The highest BCUT2D eigenvalue weighted by atomic mass is 16.5. The molecule has 1 spiro atoms. The molecule has 0 bridgehead atoms. The van der Waals surface area contributed by atoms with Gasteiger partial charge in [0.25, 0.3) is 0 Å². The van der Waals surface area contributed by atoms with E-state index in [1.54, 1.807) is 0 Å². The van der Waals surface area contributed by atoms with Crippen LogP contribution >= 0.6 is 0 Å². The molecule has 0 aromatic heterocycles. The Kier molecular flexibility index (Phi) is 1.24. The summed E-state index contributed by atoms with van der Waals surface area (Å²) in [7, 11) is 0. The summed E-state index contributed by atoms with van der Waals surface area (Å²) in [6, 6.07) is 0. The minimum Gasteiger partial charge on any atom is -0.375 e. The third-order valence-corrected chi connectivity index (χ3v) is 2.33. The Hall–Kier alpha value is -0.0800. The maximum absolute atomic E-state index is 5.22. The highest BCUT2D eigenvalue weighted by molar-refractivity contribution is 4.97. The Morgan fingerprint density at radius 1 is 1.44 bits per heavy atom. The molecule has 2 saturated heterocycles. The summed E-state index contributed by atoms with van der Waals surface area (Å²) in [6.45, 7) is 5.27. The van der Waals surface area contributed by atoms with E-state index in [0.717, 1.165) is 13.2 Å². The Bertz CT molecular complexity index is 84.0. The van der Waals surface area contributed by atoms with Crippen LogP contribution in [0, 0.1) is 12.0 Å². The zero-order chi connectivity index (χ0) is 6.16. The smallest absolute Gasteiger partial charge is 0.0912 e. The first kappa shape index (κ1) is 5.69. The van der Waals surface area contributed by atoms with Gasteiger partial charge in [0, 0.05) is 18.6 Å². The van der Waals surface area contributed by atoms with Gasteiger partial charge in [0.15, 0.2) is 0 Å². The Morgan fingerprint density at radius 2 is 2.44 bits per heavy atom. The van der Waals surface area contributed by atoms with Gasteiger partial charge in [-0.25, -0.2) is 0 Å². The maximum Gasteiger partial charge on any atom is 0.0912 e. The molecule has 9 heavy (non-hydrogen) atoms. The Balaban J connectivity index is 2.04. The van der Waals surface area contributed by atoms with Gasteiger partial charge in [0.2, 0.25) is 0 Å². The molecule has 0 aromatic rings. The lowest BCUT2D eigenvalue weighted by Crippen LogP contribution is -2.20. The number of ether oxygens (including phenoxy) is 1. The van der Waals surface area contributed by atoms with Crippen molar-refractivity contribution in [1.29, 1.82) is 0 Å². The molecule has 51 valence electrons. The first-order chi connectivity index (χ1) is 4.41. The van der Waals surface area contributed by atoms with Gasteiger partial charge < -0.3 is 10.1 Å². The van der Waals surface area contributed by atoms with Crippen LogP contribution in [0.3, 0.4) is 0 Å². The maximum atomic E-state index is 5.22. The zero-order valence-electron chi connectivity index (χ0n) is 5.52. The van der Waals surface area contributed by atoms with E-state index < -0.39 is 0 Å². The molecule has 1 unspecified atom stereocenters. The van der Waals surface area contributed by atoms with Crippen molar-refractivity contribution in [2.75, 3.05) is 19.7 Å². The second kappa shape index (κ2) is 1.96. The van der Waals surface area contributed by atoms with Gasteiger partial charge in [-0.1, -0.05) is 0 Å². The first-order valence-electron chi connectivity index (χ1n) is 3.58. The van der Waals surface area contributed by atoms with Crippen LogP contribution in [0.2, 0.25) is 0 Å². The standard InChI is InChI=1S/C7H12NO/c1-3-8-5-7(1)2-4-9-6-7/h6,8H,1-5H2. The molecular weight excluding hydrogens is 114 g/mol. The summed E-state index contributed by atoms with van der Waals surface area (Å²) in [4.78, 5) is 0. The van der Waals surface area contributed by atoms with Crippen LogP contribution in [0.5, 0.6) is 0 Å². The molecule has 0 saturated carbocycles. The molecule has 2 heterocycles. The van der Waals surface area contributed by atoms with Gasteiger partial charge in [-0.2, -0.15) is 0 Å². The summed E-state index contributed by atoms with van der Waals surface area (Å²) < 4.78 is 5.22. The largest absolute Gasteiger partial charge is 0.375 e. The van der Waals surface area contributed by atoms with Gasteiger partial charge >= 0.3 is 0 Å². The van der Waals surface area contributed by atoms with Crippen molar-refractivity contribution in [3.05, 3.63) is 6.61 Å². The van der Waals surface area contributed by atoms with Gasteiger partial charge in [0.1, 0.15) is 0 Å². The minimum atomic E-state index is 0.431.